The van der Waals surface area contributed by atoms with Crippen LogP contribution in [0.5, 0.6) is 0 Å². The van der Waals surface area contributed by atoms with E-state index in [1.807, 2.05) is 0 Å². The van der Waals surface area contributed by atoms with Crippen LogP contribution in [0.4, 0.5) is 4.39 Å². The van der Waals surface area contributed by atoms with Gasteiger partial charge in [0.05, 0.1) is 6.61 Å². The van der Waals surface area contributed by atoms with Gasteiger partial charge in [-0.05, 0) is 34.1 Å². The fourth-order valence-corrected chi connectivity index (χ4v) is 2.27. The molecule has 102 valence electrons. The smallest absolute Gasteiger partial charge is 0.165 e. The van der Waals surface area contributed by atoms with Crippen molar-refractivity contribution in [3.63, 3.8) is 0 Å². The minimum Gasteiger partial charge on any atom is -0.388 e. The highest BCUT2D eigenvalue weighted by Crippen LogP contribution is 2.28. The van der Waals surface area contributed by atoms with Gasteiger partial charge in [0, 0.05) is 23.7 Å². The van der Waals surface area contributed by atoms with Crippen molar-refractivity contribution in [3.8, 4) is 11.4 Å². The van der Waals surface area contributed by atoms with Gasteiger partial charge in [-0.2, -0.15) is 0 Å². The molecule has 2 rings (SSSR count). The molecule has 2 aromatic rings. The summed E-state index contributed by atoms with van der Waals surface area (Å²) in [6, 6.07) is 4.34. The lowest BCUT2D eigenvalue weighted by Crippen LogP contribution is -2.10. The molecule has 0 radical (unpaired) electrons. The highest BCUT2D eigenvalue weighted by Gasteiger charge is 2.15. The van der Waals surface area contributed by atoms with E-state index in [4.69, 9.17) is 4.74 Å². The van der Waals surface area contributed by atoms with Crippen LogP contribution in [0.3, 0.4) is 0 Å². The van der Waals surface area contributed by atoms with Crippen molar-refractivity contribution in [1.82, 2.24) is 14.8 Å². The molecular weight excluding hydrogens is 317 g/mol. The molecule has 0 aliphatic rings. The van der Waals surface area contributed by atoms with E-state index in [2.05, 4.69) is 26.1 Å². The van der Waals surface area contributed by atoms with Gasteiger partial charge in [0.1, 0.15) is 12.4 Å². The van der Waals surface area contributed by atoms with E-state index in [1.165, 1.54) is 12.1 Å². The maximum absolute atomic E-state index is 13.1. The molecule has 0 aliphatic carbocycles. The van der Waals surface area contributed by atoms with Crippen molar-refractivity contribution in [3.05, 3.63) is 34.3 Å². The molecule has 19 heavy (non-hydrogen) atoms. The molecule has 0 amide bonds. The predicted octanol–water partition coefficient (Wildman–Crippen LogP) is 1.99. The van der Waals surface area contributed by atoms with Gasteiger partial charge in [-0.15, -0.1) is 10.2 Å². The van der Waals surface area contributed by atoms with Gasteiger partial charge >= 0.3 is 0 Å². The van der Waals surface area contributed by atoms with Crippen molar-refractivity contribution in [1.29, 1.82) is 0 Å². The Labute approximate surface area is 118 Å². The van der Waals surface area contributed by atoms with E-state index in [9.17, 15) is 9.50 Å². The summed E-state index contributed by atoms with van der Waals surface area (Å²) < 4.78 is 20.5. The Kier molecular flexibility index (Phi) is 4.62. The summed E-state index contributed by atoms with van der Waals surface area (Å²) in [6.07, 6.45) is 0. The number of aliphatic hydroxyl groups excluding tert-OH is 1. The fraction of sp³-hybridized carbons (Fsp3) is 0.333. The highest BCUT2D eigenvalue weighted by atomic mass is 79.9. The maximum Gasteiger partial charge on any atom is 0.165 e. The van der Waals surface area contributed by atoms with E-state index in [1.54, 1.807) is 17.7 Å². The zero-order chi connectivity index (χ0) is 13.8. The minimum absolute atomic E-state index is 0.213. The molecule has 0 aliphatic heterocycles. The fourth-order valence-electron chi connectivity index (χ4n) is 1.74. The summed E-state index contributed by atoms with van der Waals surface area (Å²) in [5, 5.41) is 17.2. The standard InChI is InChI=1S/C12H13BrFN3O2/c1-19-5-4-17-11(7-18)15-16-12(17)9-3-2-8(14)6-10(9)13/h2-3,6,18H,4-5,7H2,1H3. The van der Waals surface area contributed by atoms with Gasteiger partial charge in [0.15, 0.2) is 11.6 Å². The molecule has 0 fully saturated rings. The lowest BCUT2D eigenvalue weighted by atomic mass is 10.2. The van der Waals surface area contributed by atoms with Crippen molar-refractivity contribution in [2.75, 3.05) is 13.7 Å². The van der Waals surface area contributed by atoms with Crippen LogP contribution in [0.1, 0.15) is 5.82 Å². The molecule has 1 aromatic heterocycles. The first-order chi connectivity index (χ1) is 9.17. The van der Waals surface area contributed by atoms with E-state index in [0.29, 0.717) is 34.8 Å². The second-order valence-corrected chi connectivity index (χ2v) is 4.72. The third-order valence-electron chi connectivity index (χ3n) is 2.66. The van der Waals surface area contributed by atoms with Gasteiger partial charge in [0.2, 0.25) is 0 Å². The molecule has 0 unspecified atom stereocenters. The largest absolute Gasteiger partial charge is 0.388 e. The molecule has 0 saturated carbocycles. The van der Waals surface area contributed by atoms with Crippen LogP contribution < -0.4 is 0 Å². The third kappa shape index (κ3) is 2.99. The van der Waals surface area contributed by atoms with Crippen LogP contribution in [-0.2, 0) is 17.9 Å². The monoisotopic (exact) mass is 329 g/mol. The average Bonchev–Trinajstić information content (AvgIpc) is 2.79. The molecule has 1 N–H and O–H groups in total. The summed E-state index contributed by atoms with van der Waals surface area (Å²) in [5.41, 5.74) is 0.713. The summed E-state index contributed by atoms with van der Waals surface area (Å²) >= 11 is 3.30. The molecule has 0 saturated heterocycles. The molecule has 0 bridgehead atoms. The first-order valence-electron chi connectivity index (χ1n) is 5.64. The molecule has 1 aromatic carbocycles. The van der Waals surface area contributed by atoms with E-state index < -0.39 is 0 Å². The summed E-state index contributed by atoms with van der Waals surface area (Å²) in [7, 11) is 1.59. The van der Waals surface area contributed by atoms with E-state index >= 15 is 0 Å². The first-order valence-corrected chi connectivity index (χ1v) is 6.44. The highest BCUT2D eigenvalue weighted by molar-refractivity contribution is 9.10. The first kappa shape index (κ1) is 14.1. The van der Waals surface area contributed by atoms with Crippen LogP contribution in [-0.4, -0.2) is 33.6 Å². The quantitative estimate of drug-likeness (QED) is 0.911. The van der Waals surface area contributed by atoms with Gasteiger partial charge in [0.25, 0.3) is 0 Å². The van der Waals surface area contributed by atoms with Crippen LogP contribution in [0.25, 0.3) is 11.4 Å². The molecule has 1 heterocycles. The molecule has 5 nitrogen and oxygen atoms in total. The number of nitrogens with zero attached hydrogens (tertiary/aromatic N) is 3. The lowest BCUT2D eigenvalue weighted by molar-refractivity contribution is 0.183. The molecule has 0 spiro atoms. The topological polar surface area (TPSA) is 60.2 Å². The van der Waals surface area contributed by atoms with Crippen LogP contribution in [0, 0.1) is 5.82 Å². The van der Waals surface area contributed by atoms with E-state index in [0.717, 1.165) is 0 Å². The Morgan fingerprint density at radius 2 is 2.21 bits per heavy atom. The normalized spacial score (nSPS) is 10.9. The lowest BCUT2D eigenvalue weighted by Gasteiger charge is -2.10. The Morgan fingerprint density at radius 3 is 2.84 bits per heavy atom. The second kappa shape index (κ2) is 6.23. The number of hydrogen-bond acceptors (Lipinski definition) is 4. The van der Waals surface area contributed by atoms with Crippen molar-refractivity contribution in [2.45, 2.75) is 13.2 Å². The van der Waals surface area contributed by atoms with Crippen molar-refractivity contribution in [2.24, 2.45) is 0 Å². The Hall–Kier alpha value is -1.31. The van der Waals surface area contributed by atoms with Gasteiger partial charge < -0.3 is 14.4 Å². The van der Waals surface area contributed by atoms with Gasteiger partial charge in [-0.25, -0.2) is 4.39 Å². The number of aliphatic hydroxyl groups is 1. The van der Waals surface area contributed by atoms with Gasteiger partial charge in [-0.3, -0.25) is 0 Å². The predicted molar refractivity (Wildman–Crippen MR) is 70.9 cm³/mol. The number of ether oxygens (including phenoxy) is 1. The average molecular weight is 330 g/mol. The summed E-state index contributed by atoms with van der Waals surface area (Å²) in [5.74, 6) is 0.678. The SMILES string of the molecule is COCCn1c(CO)nnc1-c1ccc(F)cc1Br. The van der Waals surface area contributed by atoms with Crippen molar-refractivity contribution < 1.29 is 14.2 Å². The second-order valence-electron chi connectivity index (χ2n) is 3.87. The summed E-state index contributed by atoms with van der Waals surface area (Å²) in [6.45, 7) is 0.769. The van der Waals surface area contributed by atoms with Gasteiger partial charge in [-0.1, -0.05) is 0 Å². The Balaban J connectivity index is 2.46. The van der Waals surface area contributed by atoms with Crippen molar-refractivity contribution >= 4 is 15.9 Å². The third-order valence-corrected chi connectivity index (χ3v) is 3.32. The number of rotatable bonds is 5. The molecule has 7 heteroatoms. The zero-order valence-corrected chi connectivity index (χ0v) is 11.9. The molecular formula is C12H13BrFN3O2. The number of benzene rings is 1. The Bertz CT molecular complexity index is 574. The van der Waals surface area contributed by atoms with Crippen LogP contribution >= 0.6 is 15.9 Å². The van der Waals surface area contributed by atoms with Crippen LogP contribution in [0.15, 0.2) is 22.7 Å². The molecule has 0 atom stereocenters. The zero-order valence-electron chi connectivity index (χ0n) is 10.3. The number of halogens is 2. The summed E-state index contributed by atoms with van der Waals surface area (Å²) in [4.78, 5) is 0. The number of aromatic nitrogens is 3. The van der Waals surface area contributed by atoms with E-state index in [-0.39, 0.29) is 12.4 Å². The number of hydrogen-bond donors (Lipinski definition) is 1. The Morgan fingerprint density at radius 1 is 1.42 bits per heavy atom. The van der Waals surface area contributed by atoms with Crippen LogP contribution in [0.2, 0.25) is 0 Å². The minimum atomic E-state index is -0.332. The maximum atomic E-state index is 13.1. The number of methoxy groups -OCH3 is 1.